The van der Waals surface area contributed by atoms with Crippen molar-refractivity contribution >= 4 is 23.6 Å². The number of hydrogen-bond acceptors (Lipinski definition) is 4. The zero-order valence-electron chi connectivity index (χ0n) is 19.2. The molecule has 2 amide bonds. The fraction of sp³-hybridized carbons (Fsp3) is 0.435. The van der Waals surface area contributed by atoms with Crippen LogP contribution in [-0.4, -0.2) is 51.4 Å². The van der Waals surface area contributed by atoms with Gasteiger partial charge in [-0.05, 0) is 51.5 Å². The van der Waals surface area contributed by atoms with Crippen LogP contribution >= 0.6 is 11.6 Å². The first kappa shape index (κ1) is 27.2. The van der Waals surface area contributed by atoms with Gasteiger partial charge in [-0.2, -0.15) is 13.2 Å². The molecule has 2 aromatic rings. The summed E-state index contributed by atoms with van der Waals surface area (Å²) < 4.78 is 41.6. The number of ether oxygens (including phenoxy) is 1. The second-order valence-corrected chi connectivity index (χ2v) is 9.09. The third-order valence-corrected chi connectivity index (χ3v) is 5.25. The average Bonchev–Trinajstić information content (AvgIpc) is 2.71. The lowest BCUT2D eigenvalue weighted by molar-refractivity contribution is -0.153. The minimum absolute atomic E-state index is 0.0411. The molecule has 0 saturated carbocycles. The topological polar surface area (TPSA) is 91.8 Å². The molecule has 186 valence electrons. The minimum Gasteiger partial charge on any atom is -0.483 e. The number of rotatable bonds is 8. The summed E-state index contributed by atoms with van der Waals surface area (Å²) in [5.41, 5.74) is 0.0761. The molecule has 2 atom stereocenters. The number of nitrogens with one attached hydrogen (secondary N) is 1. The predicted octanol–water partition coefficient (Wildman–Crippen LogP) is 5.24. The number of pyridine rings is 1. The van der Waals surface area contributed by atoms with Crippen molar-refractivity contribution in [2.75, 3.05) is 6.61 Å². The van der Waals surface area contributed by atoms with Crippen LogP contribution in [0.1, 0.15) is 45.0 Å². The number of carbonyl (C=O) groups is 2. The maximum absolute atomic E-state index is 13.3. The molecule has 1 heterocycles. The molecule has 0 saturated heterocycles. The number of halogens is 4. The van der Waals surface area contributed by atoms with Gasteiger partial charge in [0.15, 0.2) is 6.61 Å². The molecule has 0 aliphatic carbocycles. The molecule has 0 fully saturated rings. The second-order valence-electron chi connectivity index (χ2n) is 8.69. The summed E-state index contributed by atoms with van der Waals surface area (Å²) in [5.74, 6) is -0.634. The number of alkyl halides is 3. The van der Waals surface area contributed by atoms with E-state index < -0.39 is 42.4 Å². The standard InChI is InChI=1S/C23H27ClF3N3O4/c1-14(18-10-9-16(12-28-18)34-13-23(25,26)27)29-20(31)19(30(21(32)33)22(2,3)4)11-15-7-5-6-8-17(15)24/h5-10,12,14,19H,11,13H2,1-4H3,(H,29,31)(H,32,33)/t14-,19?/m1/s1. The highest BCUT2D eigenvalue weighted by molar-refractivity contribution is 6.31. The third kappa shape index (κ3) is 7.79. The van der Waals surface area contributed by atoms with E-state index in [0.29, 0.717) is 16.3 Å². The number of nitrogens with zero attached hydrogens (tertiary/aromatic N) is 2. The average molecular weight is 502 g/mol. The number of carbonyl (C=O) groups excluding carboxylic acids is 1. The van der Waals surface area contributed by atoms with Crippen LogP contribution in [0.5, 0.6) is 5.75 Å². The van der Waals surface area contributed by atoms with E-state index in [1.165, 1.54) is 12.1 Å². The first-order valence-corrected chi connectivity index (χ1v) is 10.8. The van der Waals surface area contributed by atoms with E-state index in [0.717, 1.165) is 11.1 Å². The van der Waals surface area contributed by atoms with Crippen molar-refractivity contribution in [3.63, 3.8) is 0 Å². The largest absolute Gasteiger partial charge is 0.483 e. The number of aromatic nitrogens is 1. The molecular weight excluding hydrogens is 475 g/mol. The van der Waals surface area contributed by atoms with Crippen LogP contribution in [0.3, 0.4) is 0 Å². The molecule has 0 radical (unpaired) electrons. The molecule has 0 aliphatic rings. The van der Waals surface area contributed by atoms with Gasteiger partial charge in [-0.3, -0.25) is 14.7 Å². The summed E-state index contributed by atoms with van der Waals surface area (Å²) in [4.78, 5) is 30.5. The minimum atomic E-state index is -4.47. The molecule has 34 heavy (non-hydrogen) atoms. The second kappa shape index (κ2) is 10.9. The van der Waals surface area contributed by atoms with E-state index in [1.54, 1.807) is 52.0 Å². The monoisotopic (exact) mass is 501 g/mol. The number of hydrogen-bond donors (Lipinski definition) is 2. The lowest BCUT2D eigenvalue weighted by Gasteiger charge is -2.39. The molecule has 0 spiro atoms. The van der Waals surface area contributed by atoms with Gasteiger partial charge >= 0.3 is 12.3 Å². The van der Waals surface area contributed by atoms with Crippen molar-refractivity contribution in [1.82, 2.24) is 15.2 Å². The Balaban J connectivity index is 2.23. The van der Waals surface area contributed by atoms with Crippen LogP contribution in [0, 0.1) is 0 Å². The van der Waals surface area contributed by atoms with Crippen molar-refractivity contribution in [3.05, 3.63) is 58.9 Å². The highest BCUT2D eigenvalue weighted by Crippen LogP contribution is 2.25. The first-order valence-electron chi connectivity index (χ1n) is 10.4. The Morgan fingerprint density at radius 1 is 1.18 bits per heavy atom. The van der Waals surface area contributed by atoms with Gasteiger partial charge in [0.2, 0.25) is 5.91 Å². The Kier molecular flexibility index (Phi) is 8.77. The van der Waals surface area contributed by atoms with Crippen molar-refractivity contribution in [2.45, 2.75) is 57.9 Å². The van der Waals surface area contributed by atoms with Gasteiger partial charge in [0, 0.05) is 17.0 Å². The van der Waals surface area contributed by atoms with Crippen molar-refractivity contribution in [1.29, 1.82) is 0 Å². The molecular formula is C23H27ClF3N3O4. The Morgan fingerprint density at radius 2 is 1.82 bits per heavy atom. The Bertz CT molecular complexity index is 994. The molecule has 7 nitrogen and oxygen atoms in total. The first-order chi connectivity index (χ1) is 15.7. The van der Waals surface area contributed by atoms with Crippen molar-refractivity contribution in [3.8, 4) is 5.75 Å². The summed E-state index contributed by atoms with van der Waals surface area (Å²) in [5, 5.41) is 13.0. The molecule has 2 N–H and O–H groups in total. The summed E-state index contributed by atoms with van der Waals surface area (Å²) in [6, 6.07) is 7.83. The Labute approximate surface area is 200 Å². The highest BCUT2D eigenvalue weighted by atomic mass is 35.5. The van der Waals surface area contributed by atoms with Crippen LogP contribution in [0.15, 0.2) is 42.6 Å². The van der Waals surface area contributed by atoms with Crippen molar-refractivity contribution in [2.24, 2.45) is 0 Å². The number of amides is 2. The zero-order chi connectivity index (χ0) is 25.7. The van der Waals surface area contributed by atoms with Gasteiger partial charge in [0.1, 0.15) is 11.8 Å². The van der Waals surface area contributed by atoms with Gasteiger partial charge in [-0.1, -0.05) is 29.8 Å². The summed E-state index contributed by atoms with van der Waals surface area (Å²) in [6.45, 7) is 5.23. The van der Waals surface area contributed by atoms with E-state index >= 15 is 0 Å². The van der Waals surface area contributed by atoms with E-state index in [4.69, 9.17) is 11.6 Å². The lowest BCUT2D eigenvalue weighted by atomic mass is 9.97. The Morgan fingerprint density at radius 3 is 2.32 bits per heavy atom. The SMILES string of the molecule is C[C@@H](NC(=O)C(Cc1ccccc1Cl)N(C(=O)O)C(C)(C)C)c1ccc(OCC(F)(F)F)cn1. The van der Waals surface area contributed by atoms with Gasteiger partial charge in [-0.15, -0.1) is 0 Å². The number of benzene rings is 1. The smallest absolute Gasteiger partial charge is 0.422 e. The van der Waals surface area contributed by atoms with Gasteiger partial charge in [0.05, 0.1) is 17.9 Å². The van der Waals surface area contributed by atoms with E-state index in [-0.39, 0.29) is 12.2 Å². The van der Waals surface area contributed by atoms with Gasteiger partial charge in [-0.25, -0.2) is 4.79 Å². The quantitative estimate of drug-likeness (QED) is 0.516. The maximum atomic E-state index is 13.3. The third-order valence-electron chi connectivity index (χ3n) is 4.88. The predicted molar refractivity (Wildman–Crippen MR) is 121 cm³/mol. The number of carboxylic acid groups (broad SMARTS) is 1. The molecule has 0 aliphatic heterocycles. The van der Waals surface area contributed by atoms with E-state index in [9.17, 15) is 27.9 Å². The molecule has 1 aromatic heterocycles. The van der Waals surface area contributed by atoms with Crippen LogP contribution in [-0.2, 0) is 11.2 Å². The van der Waals surface area contributed by atoms with Crippen LogP contribution in [0.25, 0.3) is 0 Å². The van der Waals surface area contributed by atoms with E-state index in [1.807, 2.05) is 0 Å². The molecule has 2 rings (SSSR count). The van der Waals surface area contributed by atoms with E-state index in [2.05, 4.69) is 15.0 Å². The molecule has 1 unspecified atom stereocenters. The summed E-state index contributed by atoms with van der Waals surface area (Å²) in [7, 11) is 0. The van der Waals surface area contributed by atoms with Crippen molar-refractivity contribution < 1.29 is 32.6 Å². The zero-order valence-corrected chi connectivity index (χ0v) is 19.9. The van der Waals surface area contributed by atoms with Gasteiger partial charge < -0.3 is 15.2 Å². The molecule has 1 aromatic carbocycles. The normalized spacial score (nSPS) is 13.6. The lowest BCUT2D eigenvalue weighted by Crippen LogP contribution is -2.57. The highest BCUT2D eigenvalue weighted by Gasteiger charge is 2.38. The summed E-state index contributed by atoms with van der Waals surface area (Å²) in [6.07, 6.45) is -4.57. The fourth-order valence-electron chi connectivity index (χ4n) is 3.34. The van der Waals surface area contributed by atoms with Crippen LogP contribution in [0.4, 0.5) is 18.0 Å². The maximum Gasteiger partial charge on any atom is 0.422 e. The van der Waals surface area contributed by atoms with Crippen LogP contribution < -0.4 is 10.1 Å². The molecule has 0 bridgehead atoms. The van der Waals surface area contributed by atoms with Crippen LogP contribution in [0.2, 0.25) is 5.02 Å². The fourth-order valence-corrected chi connectivity index (χ4v) is 3.56. The molecule has 11 heteroatoms. The van der Waals surface area contributed by atoms with Gasteiger partial charge in [0.25, 0.3) is 0 Å². The summed E-state index contributed by atoms with van der Waals surface area (Å²) >= 11 is 6.25. The Hall–Kier alpha value is -3.01.